The number of ketones is 1. The largest absolute Gasteiger partial charge is 0.466 e. The number of unbranched alkanes of at least 4 members (excludes halogenated alkanes) is 2. The molecule has 0 amide bonds. The van der Waals surface area contributed by atoms with E-state index in [9.17, 15) is 9.59 Å². The normalized spacial score (nSPS) is 9.86. The van der Waals surface area contributed by atoms with E-state index in [1.807, 2.05) is 0 Å². The smallest absolute Gasteiger partial charge is 0.305 e. The van der Waals surface area contributed by atoms with Crippen molar-refractivity contribution in [3.05, 3.63) is 0 Å². The number of carbonyl (C=O) groups excluding carboxylic acids is 2. The molecule has 3 heteroatoms. The number of esters is 1. The van der Waals surface area contributed by atoms with Gasteiger partial charge in [-0.05, 0) is 19.8 Å². The van der Waals surface area contributed by atoms with Crippen molar-refractivity contribution < 1.29 is 14.3 Å². The Morgan fingerprint density at radius 2 is 1.79 bits per heavy atom. The summed E-state index contributed by atoms with van der Waals surface area (Å²) in [6.07, 6.45) is 4.62. The number of hydrogen-bond donors (Lipinski definition) is 0. The molecule has 0 fully saturated rings. The van der Waals surface area contributed by atoms with Crippen LogP contribution in [-0.2, 0) is 14.3 Å². The average molecular weight is 200 g/mol. The summed E-state index contributed by atoms with van der Waals surface area (Å²) in [6, 6.07) is 0. The summed E-state index contributed by atoms with van der Waals surface area (Å²) in [5, 5.41) is 0. The van der Waals surface area contributed by atoms with Crippen molar-refractivity contribution in [3.8, 4) is 0 Å². The Morgan fingerprint density at radius 1 is 1.07 bits per heavy atom. The van der Waals surface area contributed by atoms with Crippen molar-refractivity contribution >= 4 is 11.8 Å². The first-order chi connectivity index (χ1) is 6.66. The van der Waals surface area contributed by atoms with Crippen LogP contribution in [0.5, 0.6) is 0 Å². The van der Waals surface area contributed by atoms with Crippen LogP contribution in [0.25, 0.3) is 0 Å². The van der Waals surface area contributed by atoms with E-state index < -0.39 is 0 Å². The highest BCUT2D eigenvalue weighted by Crippen LogP contribution is 2.00. The van der Waals surface area contributed by atoms with Gasteiger partial charge in [-0.3, -0.25) is 4.79 Å². The number of carbonyl (C=O) groups is 2. The first kappa shape index (κ1) is 13.1. The molecule has 0 aromatic carbocycles. The van der Waals surface area contributed by atoms with Gasteiger partial charge in [0.2, 0.25) is 0 Å². The second-order valence-corrected chi connectivity index (χ2v) is 3.48. The summed E-state index contributed by atoms with van der Waals surface area (Å²) >= 11 is 0. The number of rotatable bonds is 8. The van der Waals surface area contributed by atoms with Crippen LogP contribution >= 0.6 is 0 Å². The van der Waals surface area contributed by atoms with Gasteiger partial charge in [0.25, 0.3) is 0 Å². The fraction of sp³-hybridized carbons (Fsp3) is 0.818. The molecule has 0 aliphatic heterocycles. The molecule has 3 nitrogen and oxygen atoms in total. The van der Waals surface area contributed by atoms with Crippen LogP contribution < -0.4 is 0 Å². The van der Waals surface area contributed by atoms with E-state index in [1.54, 1.807) is 0 Å². The van der Waals surface area contributed by atoms with Crippen molar-refractivity contribution in [2.75, 3.05) is 6.61 Å². The minimum absolute atomic E-state index is 0.129. The molecule has 0 saturated carbocycles. The standard InChI is InChI=1S/C11H20O3/c1-3-4-5-9-14-11(13)8-6-7-10(2)12/h3-9H2,1-2H3. The maximum absolute atomic E-state index is 11.1. The maximum atomic E-state index is 11.1. The van der Waals surface area contributed by atoms with Crippen molar-refractivity contribution in [1.29, 1.82) is 0 Å². The van der Waals surface area contributed by atoms with Crippen LogP contribution in [0, 0.1) is 0 Å². The van der Waals surface area contributed by atoms with E-state index in [1.165, 1.54) is 6.92 Å². The van der Waals surface area contributed by atoms with Crippen molar-refractivity contribution in [1.82, 2.24) is 0 Å². The highest BCUT2D eigenvalue weighted by Gasteiger charge is 2.03. The van der Waals surface area contributed by atoms with Gasteiger partial charge in [0.15, 0.2) is 0 Å². The molecule has 0 aromatic heterocycles. The Balaban J connectivity index is 3.24. The predicted molar refractivity (Wildman–Crippen MR) is 55.0 cm³/mol. The van der Waals surface area contributed by atoms with Crippen molar-refractivity contribution in [2.24, 2.45) is 0 Å². The summed E-state index contributed by atoms with van der Waals surface area (Å²) in [4.78, 5) is 21.6. The monoisotopic (exact) mass is 200 g/mol. The molecule has 0 N–H and O–H groups in total. The zero-order chi connectivity index (χ0) is 10.8. The van der Waals surface area contributed by atoms with Crippen molar-refractivity contribution in [3.63, 3.8) is 0 Å². The topological polar surface area (TPSA) is 43.4 Å². The van der Waals surface area contributed by atoms with Crippen molar-refractivity contribution in [2.45, 2.75) is 52.4 Å². The Labute approximate surface area is 85.8 Å². The predicted octanol–water partition coefficient (Wildman–Crippen LogP) is 2.48. The van der Waals surface area contributed by atoms with Gasteiger partial charge in [-0.25, -0.2) is 0 Å². The number of ether oxygens (including phenoxy) is 1. The lowest BCUT2D eigenvalue weighted by Crippen LogP contribution is -2.06. The van der Waals surface area contributed by atoms with Crippen LogP contribution in [0.4, 0.5) is 0 Å². The molecule has 0 aliphatic carbocycles. The second kappa shape index (κ2) is 8.73. The molecule has 0 bridgehead atoms. The molecule has 0 radical (unpaired) electrons. The molecule has 0 atom stereocenters. The van der Waals surface area contributed by atoms with Crippen LogP contribution in [0.15, 0.2) is 0 Å². The van der Waals surface area contributed by atoms with E-state index in [2.05, 4.69) is 6.92 Å². The summed E-state index contributed by atoms with van der Waals surface area (Å²) in [5.41, 5.74) is 0. The van der Waals surface area contributed by atoms with Gasteiger partial charge >= 0.3 is 5.97 Å². The lowest BCUT2D eigenvalue weighted by molar-refractivity contribution is -0.143. The highest BCUT2D eigenvalue weighted by molar-refractivity contribution is 5.76. The zero-order valence-corrected chi connectivity index (χ0v) is 9.17. The number of hydrogen-bond acceptors (Lipinski definition) is 3. The summed E-state index contributed by atoms with van der Waals surface area (Å²) < 4.78 is 4.98. The molecule has 0 saturated heterocycles. The molecule has 0 heterocycles. The molecular formula is C11H20O3. The summed E-state index contributed by atoms with van der Waals surface area (Å²) in [6.45, 7) is 4.16. The second-order valence-electron chi connectivity index (χ2n) is 3.48. The van der Waals surface area contributed by atoms with Gasteiger partial charge in [0.1, 0.15) is 5.78 Å². The van der Waals surface area contributed by atoms with Gasteiger partial charge in [-0.2, -0.15) is 0 Å². The molecule has 14 heavy (non-hydrogen) atoms. The quantitative estimate of drug-likeness (QED) is 0.446. The maximum Gasteiger partial charge on any atom is 0.305 e. The molecule has 82 valence electrons. The van der Waals surface area contributed by atoms with Crippen LogP contribution in [0.3, 0.4) is 0 Å². The van der Waals surface area contributed by atoms with E-state index in [-0.39, 0.29) is 11.8 Å². The van der Waals surface area contributed by atoms with E-state index in [0.29, 0.717) is 25.9 Å². The first-order valence-corrected chi connectivity index (χ1v) is 5.32. The SMILES string of the molecule is CCCCCOC(=O)CCCC(C)=O. The number of Topliss-reactive ketones (excluding diaryl/α,β-unsaturated/α-hetero) is 1. The summed E-state index contributed by atoms with van der Waals surface area (Å²) in [7, 11) is 0. The third-order valence-corrected chi connectivity index (χ3v) is 1.92. The summed E-state index contributed by atoms with van der Waals surface area (Å²) in [5.74, 6) is -0.0499. The Morgan fingerprint density at radius 3 is 2.36 bits per heavy atom. The Hall–Kier alpha value is -0.860. The molecule has 0 unspecified atom stereocenters. The Bertz CT molecular complexity index is 175. The van der Waals surface area contributed by atoms with Gasteiger partial charge in [0, 0.05) is 12.8 Å². The minimum Gasteiger partial charge on any atom is -0.466 e. The van der Waals surface area contributed by atoms with Gasteiger partial charge in [-0.15, -0.1) is 0 Å². The average Bonchev–Trinajstić information content (AvgIpc) is 2.12. The van der Waals surface area contributed by atoms with Gasteiger partial charge < -0.3 is 9.53 Å². The molecular weight excluding hydrogens is 180 g/mol. The van der Waals surface area contributed by atoms with E-state index in [0.717, 1.165) is 19.3 Å². The van der Waals surface area contributed by atoms with Gasteiger partial charge in [-0.1, -0.05) is 19.8 Å². The lowest BCUT2D eigenvalue weighted by atomic mass is 10.2. The highest BCUT2D eigenvalue weighted by atomic mass is 16.5. The fourth-order valence-corrected chi connectivity index (χ4v) is 1.09. The fourth-order valence-electron chi connectivity index (χ4n) is 1.09. The zero-order valence-electron chi connectivity index (χ0n) is 9.17. The first-order valence-electron chi connectivity index (χ1n) is 5.32. The third-order valence-electron chi connectivity index (χ3n) is 1.92. The van der Waals surface area contributed by atoms with Crippen LogP contribution in [0.1, 0.15) is 52.4 Å². The molecule has 0 rings (SSSR count). The van der Waals surface area contributed by atoms with Gasteiger partial charge in [0.05, 0.1) is 6.61 Å². The third kappa shape index (κ3) is 9.23. The van der Waals surface area contributed by atoms with E-state index >= 15 is 0 Å². The van der Waals surface area contributed by atoms with Crippen LogP contribution in [-0.4, -0.2) is 18.4 Å². The molecule has 0 aromatic rings. The van der Waals surface area contributed by atoms with Crippen LogP contribution in [0.2, 0.25) is 0 Å². The van der Waals surface area contributed by atoms with E-state index in [4.69, 9.17) is 4.74 Å². The Kier molecular flexibility index (Phi) is 8.19. The molecule has 0 aliphatic rings. The molecule has 0 spiro atoms. The minimum atomic E-state index is -0.178. The lowest BCUT2D eigenvalue weighted by Gasteiger charge is -2.03.